The molecule has 1 fully saturated rings. The smallest absolute Gasteiger partial charge is 0.412 e. The Morgan fingerprint density at radius 1 is 1.23 bits per heavy atom. The molecule has 1 aromatic heterocycles. The van der Waals surface area contributed by atoms with Gasteiger partial charge < -0.3 is 9.64 Å². The molecule has 0 saturated carbocycles. The summed E-state index contributed by atoms with van der Waals surface area (Å²) >= 11 is 3.31. The van der Waals surface area contributed by atoms with Crippen LogP contribution in [0, 0.1) is 5.41 Å². The summed E-state index contributed by atoms with van der Waals surface area (Å²) in [7, 11) is 1.75. The van der Waals surface area contributed by atoms with Crippen LogP contribution in [0.5, 0.6) is 0 Å². The van der Waals surface area contributed by atoms with Gasteiger partial charge in [0.1, 0.15) is 22.4 Å². The fourth-order valence-corrected chi connectivity index (χ4v) is 3.54. The SMILES string of the molecule is CN1C(=O)C(Cc2ccc(Br)nc2)N(C(=O)OC(C)(C)C)C1C(C)(C)C. The first-order chi connectivity index (χ1) is 11.8. The second kappa shape index (κ2) is 7.18. The number of aromatic nitrogens is 1. The Morgan fingerprint density at radius 3 is 2.31 bits per heavy atom. The number of pyridine rings is 1. The number of hydrogen-bond donors (Lipinski definition) is 0. The van der Waals surface area contributed by atoms with Crippen LogP contribution in [-0.4, -0.2) is 51.6 Å². The molecule has 0 aliphatic carbocycles. The number of amides is 2. The van der Waals surface area contributed by atoms with Crippen LogP contribution < -0.4 is 0 Å². The number of hydrogen-bond acceptors (Lipinski definition) is 4. The zero-order chi connectivity index (χ0) is 19.9. The number of nitrogens with zero attached hydrogens (tertiary/aromatic N) is 3. The molecule has 0 bridgehead atoms. The van der Waals surface area contributed by atoms with Crippen molar-refractivity contribution in [3.63, 3.8) is 0 Å². The van der Waals surface area contributed by atoms with Crippen molar-refractivity contribution in [1.29, 1.82) is 0 Å². The van der Waals surface area contributed by atoms with E-state index in [1.807, 2.05) is 53.7 Å². The van der Waals surface area contributed by atoms with Crippen molar-refractivity contribution in [1.82, 2.24) is 14.8 Å². The van der Waals surface area contributed by atoms with Crippen LogP contribution in [0.4, 0.5) is 4.79 Å². The Morgan fingerprint density at radius 2 is 1.85 bits per heavy atom. The largest absolute Gasteiger partial charge is 0.444 e. The van der Waals surface area contributed by atoms with E-state index in [-0.39, 0.29) is 17.5 Å². The predicted octanol–water partition coefficient (Wildman–Crippen LogP) is 3.84. The molecule has 1 aliphatic heterocycles. The fraction of sp³-hybridized carbons (Fsp3) is 0.632. The second-order valence-electron chi connectivity index (χ2n) is 8.79. The van der Waals surface area contributed by atoms with Gasteiger partial charge in [-0.3, -0.25) is 9.69 Å². The highest BCUT2D eigenvalue weighted by molar-refractivity contribution is 9.10. The van der Waals surface area contributed by atoms with Crippen LogP contribution in [0.15, 0.2) is 22.9 Å². The van der Waals surface area contributed by atoms with E-state index in [0.717, 1.165) is 10.2 Å². The summed E-state index contributed by atoms with van der Waals surface area (Å²) in [4.78, 5) is 33.4. The molecule has 7 heteroatoms. The lowest BCUT2D eigenvalue weighted by molar-refractivity contribution is -0.129. The van der Waals surface area contributed by atoms with Crippen molar-refractivity contribution in [2.75, 3.05) is 7.05 Å². The van der Waals surface area contributed by atoms with Crippen molar-refractivity contribution >= 4 is 27.9 Å². The maximum absolute atomic E-state index is 13.0. The molecule has 6 nitrogen and oxygen atoms in total. The van der Waals surface area contributed by atoms with Gasteiger partial charge in [0.2, 0.25) is 5.91 Å². The van der Waals surface area contributed by atoms with Gasteiger partial charge in [-0.25, -0.2) is 9.78 Å². The van der Waals surface area contributed by atoms with Gasteiger partial charge in [0.05, 0.1) is 0 Å². The third-order valence-corrected chi connectivity index (χ3v) is 4.66. The summed E-state index contributed by atoms with van der Waals surface area (Å²) < 4.78 is 6.35. The molecule has 2 amide bonds. The summed E-state index contributed by atoms with van der Waals surface area (Å²) in [5.41, 5.74) is -0.0513. The van der Waals surface area contributed by atoms with E-state index in [1.54, 1.807) is 23.0 Å². The van der Waals surface area contributed by atoms with E-state index in [4.69, 9.17) is 4.74 Å². The highest BCUT2D eigenvalue weighted by Gasteiger charge is 2.52. The van der Waals surface area contributed by atoms with Crippen LogP contribution in [0.3, 0.4) is 0 Å². The molecule has 144 valence electrons. The van der Waals surface area contributed by atoms with Gasteiger partial charge in [-0.1, -0.05) is 26.8 Å². The number of ether oxygens (including phenoxy) is 1. The third kappa shape index (κ3) is 4.55. The summed E-state index contributed by atoms with van der Waals surface area (Å²) in [6.07, 6.45) is 1.27. The van der Waals surface area contributed by atoms with E-state index in [2.05, 4.69) is 20.9 Å². The van der Waals surface area contributed by atoms with Gasteiger partial charge in [0.15, 0.2) is 0 Å². The molecular formula is C19H28BrN3O3. The van der Waals surface area contributed by atoms with Gasteiger partial charge >= 0.3 is 6.09 Å². The summed E-state index contributed by atoms with van der Waals surface area (Å²) in [5, 5.41) is 0. The third-order valence-electron chi connectivity index (χ3n) is 4.20. The highest BCUT2D eigenvalue weighted by atomic mass is 79.9. The minimum atomic E-state index is -0.632. The van der Waals surface area contributed by atoms with Gasteiger partial charge in [-0.05, 0) is 48.3 Å². The Kier molecular flexibility index (Phi) is 5.71. The number of carbonyl (C=O) groups is 2. The molecule has 0 aromatic carbocycles. The highest BCUT2D eigenvalue weighted by Crippen LogP contribution is 2.36. The zero-order valence-corrected chi connectivity index (χ0v) is 18.1. The first kappa shape index (κ1) is 20.7. The summed E-state index contributed by atoms with van der Waals surface area (Å²) in [5.74, 6) is -0.0845. The maximum Gasteiger partial charge on any atom is 0.412 e. The average molecular weight is 426 g/mol. The molecule has 26 heavy (non-hydrogen) atoms. The lowest BCUT2D eigenvalue weighted by Crippen LogP contribution is -2.52. The lowest BCUT2D eigenvalue weighted by Gasteiger charge is -2.39. The molecular weight excluding hydrogens is 398 g/mol. The minimum absolute atomic E-state index is 0.0845. The molecule has 2 rings (SSSR count). The van der Waals surface area contributed by atoms with Crippen molar-refractivity contribution in [2.45, 2.75) is 65.8 Å². The second-order valence-corrected chi connectivity index (χ2v) is 9.60. The quantitative estimate of drug-likeness (QED) is 0.675. The van der Waals surface area contributed by atoms with E-state index >= 15 is 0 Å². The van der Waals surface area contributed by atoms with Gasteiger partial charge in [-0.2, -0.15) is 0 Å². The Labute approximate surface area is 164 Å². The topological polar surface area (TPSA) is 62.7 Å². The molecule has 0 radical (unpaired) electrons. The van der Waals surface area contributed by atoms with Crippen molar-refractivity contribution in [2.24, 2.45) is 5.41 Å². The van der Waals surface area contributed by atoms with Crippen LogP contribution >= 0.6 is 15.9 Å². The van der Waals surface area contributed by atoms with E-state index < -0.39 is 17.7 Å². The van der Waals surface area contributed by atoms with E-state index in [0.29, 0.717) is 6.42 Å². The molecule has 0 spiro atoms. The van der Waals surface area contributed by atoms with E-state index in [9.17, 15) is 9.59 Å². The molecule has 0 N–H and O–H groups in total. The number of likely N-dealkylation sites (N-methyl/N-ethyl adjacent to an activating group) is 1. The Hall–Kier alpha value is -1.63. The zero-order valence-electron chi connectivity index (χ0n) is 16.5. The number of carbonyl (C=O) groups excluding carboxylic acids is 2. The molecule has 1 aliphatic rings. The minimum Gasteiger partial charge on any atom is -0.444 e. The fourth-order valence-electron chi connectivity index (χ4n) is 3.31. The molecule has 2 heterocycles. The molecule has 1 aromatic rings. The number of halogens is 1. The lowest BCUT2D eigenvalue weighted by atomic mass is 9.91. The first-order valence-electron chi connectivity index (χ1n) is 8.69. The van der Waals surface area contributed by atoms with Crippen molar-refractivity contribution < 1.29 is 14.3 Å². The summed E-state index contributed by atoms with van der Waals surface area (Å²) in [6, 6.07) is 3.13. The molecule has 2 unspecified atom stereocenters. The average Bonchev–Trinajstić information content (AvgIpc) is 2.72. The van der Waals surface area contributed by atoms with E-state index in [1.165, 1.54) is 0 Å². The van der Waals surface area contributed by atoms with Gasteiger partial charge in [0, 0.05) is 25.1 Å². The number of rotatable bonds is 2. The molecule has 2 atom stereocenters. The van der Waals surface area contributed by atoms with Gasteiger partial charge in [-0.15, -0.1) is 0 Å². The van der Waals surface area contributed by atoms with Crippen molar-refractivity contribution in [3.8, 4) is 0 Å². The van der Waals surface area contributed by atoms with Crippen LogP contribution in [0.2, 0.25) is 0 Å². The molecule has 1 saturated heterocycles. The van der Waals surface area contributed by atoms with Crippen LogP contribution in [-0.2, 0) is 16.0 Å². The maximum atomic E-state index is 13.0. The monoisotopic (exact) mass is 425 g/mol. The normalized spacial score (nSPS) is 21.3. The van der Waals surface area contributed by atoms with Crippen LogP contribution in [0.25, 0.3) is 0 Å². The predicted molar refractivity (Wildman–Crippen MR) is 104 cm³/mol. The summed E-state index contributed by atoms with van der Waals surface area (Å²) in [6.45, 7) is 11.5. The van der Waals surface area contributed by atoms with Crippen molar-refractivity contribution in [3.05, 3.63) is 28.5 Å². The standard InChI is InChI=1S/C19H28BrN3O3/c1-18(2,3)16-22(7)15(24)13(10-12-8-9-14(20)21-11-12)23(16)17(25)26-19(4,5)6/h8-9,11,13,16H,10H2,1-7H3. The van der Waals surface area contributed by atoms with Crippen LogP contribution in [0.1, 0.15) is 47.1 Å². The van der Waals surface area contributed by atoms with Gasteiger partial charge in [0.25, 0.3) is 0 Å². The first-order valence-corrected chi connectivity index (χ1v) is 9.49. The Balaban J connectivity index is 2.40. The Bertz CT molecular complexity index is 677.